The number of rotatable bonds is 5. The number of amides is 1. The minimum atomic E-state index is -0.296. The molecular weight excluding hydrogens is 265 g/mol. The van der Waals surface area contributed by atoms with Crippen LogP contribution >= 0.6 is 11.6 Å². The smallest absolute Gasteiger partial charge is 0.224 e. The molecule has 0 heterocycles. The van der Waals surface area contributed by atoms with Gasteiger partial charge < -0.3 is 5.32 Å². The van der Waals surface area contributed by atoms with E-state index in [4.69, 9.17) is 11.6 Å². The molecule has 0 aliphatic rings. The molecule has 1 aromatic rings. The zero-order valence-electron chi connectivity index (χ0n) is 11.7. The number of benzene rings is 1. The zero-order chi connectivity index (χ0) is 14.5. The normalized spacial score (nSPS) is 13.1. The lowest BCUT2D eigenvalue weighted by Crippen LogP contribution is -2.32. The van der Waals surface area contributed by atoms with Crippen LogP contribution in [0.5, 0.6) is 0 Å². The van der Waals surface area contributed by atoms with Gasteiger partial charge in [0.1, 0.15) is 5.82 Å². The Bertz CT molecular complexity index is 411. The first-order valence-corrected chi connectivity index (χ1v) is 6.85. The summed E-state index contributed by atoms with van der Waals surface area (Å²) in [6, 6.07) is 5.93. The first kappa shape index (κ1) is 16.0. The van der Waals surface area contributed by atoms with Gasteiger partial charge in [-0.05, 0) is 29.5 Å². The highest BCUT2D eigenvalue weighted by Crippen LogP contribution is 2.23. The molecule has 4 heteroatoms. The van der Waals surface area contributed by atoms with E-state index in [1.165, 1.54) is 12.1 Å². The minimum Gasteiger partial charge on any atom is -0.354 e. The van der Waals surface area contributed by atoms with Crippen LogP contribution in [0.2, 0.25) is 0 Å². The van der Waals surface area contributed by atoms with Crippen LogP contribution in [-0.2, 0) is 11.2 Å². The van der Waals surface area contributed by atoms with E-state index in [2.05, 4.69) is 26.1 Å². The van der Waals surface area contributed by atoms with Crippen molar-refractivity contribution in [1.82, 2.24) is 5.32 Å². The van der Waals surface area contributed by atoms with E-state index >= 15 is 0 Å². The molecule has 0 spiro atoms. The van der Waals surface area contributed by atoms with Crippen LogP contribution in [0.3, 0.4) is 0 Å². The van der Waals surface area contributed by atoms with Crippen molar-refractivity contribution >= 4 is 17.5 Å². The van der Waals surface area contributed by atoms with E-state index < -0.39 is 0 Å². The number of carbonyl (C=O) groups is 1. The van der Waals surface area contributed by atoms with Crippen molar-refractivity contribution in [1.29, 1.82) is 0 Å². The van der Waals surface area contributed by atoms with Crippen molar-refractivity contribution in [3.63, 3.8) is 0 Å². The summed E-state index contributed by atoms with van der Waals surface area (Å²) in [6.45, 7) is 6.80. The summed E-state index contributed by atoms with van der Waals surface area (Å²) in [5, 5.41) is 2.73. The minimum absolute atomic E-state index is 0.0721. The Balaban J connectivity index is 2.34. The maximum Gasteiger partial charge on any atom is 0.224 e. The molecule has 0 saturated carbocycles. The van der Waals surface area contributed by atoms with E-state index in [9.17, 15) is 9.18 Å². The molecule has 1 N–H and O–H groups in total. The van der Waals surface area contributed by atoms with Crippen molar-refractivity contribution in [2.24, 2.45) is 5.41 Å². The standard InChI is InChI=1S/C15H21ClFNO/c1-15(2,3)9-12(16)10-18-14(19)8-11-4-6-13(17)7-5-11/h4-7,12H,8-10H2,1-3H3,(H,18,19). The maximum atomic E-state index is 12.7. The molecular formula is C15H21ClFNO. The second-order valence-electron chi connectivity index (χ2n) is 5.97. The molecule has 0 fully saturated rings. The number of halogens is 2. The van der Waals surface area contributed by atoms with Gasteiger partial charge in [-0.25, -0.2) is 4.39 Å². The zero-order valence-corrected chi connectivity index (χ0v) is 12.4. The summed E-state index contributed by atoms with van der Waals surface area (Å²) in [4.78, 5) is 11.7. The number of hydrogen-bond donors (Lipinski definition) is 1. The Morgan fingerprint density at radius 2 is 1.89 bits per heavy atom. The van der Waals surface area contributed by atoms with Gasteiger partial charge in [0.25, 0.3) is 0 Å². The lowest BCUT2D eigenvalue weighted by atomic mass is 9.90. The SMILES string of the molecule is CC(C)(C)CC(Cl)CNC(=O)Cc1ccc(F)cc1. The second-order valence-corrected chi connectivity index (χ2v) is 6.59. The van der Waals surface area contributed by atoms with Gasteiger partial charge in [0.2, 0.25) is 5.91 Å². The van der Waals surface area contributed by atoms with Crippen molar-refractivity contribution in [2.45, 2.75) is 39.0 Å². The fourth-order valence-corrected chi connectivity index (χ4v) is 2.35. The summed E-state index contributed by atoms with van der Waals surface area (Å²) < 4.78 is 12.7. The van der Waals surface area contributed by atoms with E-state index in [0.29, 0.717) is 6.54 Å². The van der Waals surface area contributed by atoms with Crippen LogP contribution in [0.25, 0.3) is 0 Å². The van der Waals surface area contributed by atoms with E-state index in [1.54, 1.807) is 12.1 Å². The summed E-state index contributed by atoms with van der Waals surface area (Å²) in [6.07, 6.45) is 1.09. The maximum absolute atomic E-state index is 12.7. The Morgan fingerprint density at radius 3 is 2.42 bits per heavy atom. The number of carbonyl (C=O) groups excluding carboxylic acids is 1. The van der Waals surface area contributed by atoms with Crippen LogP contribution in [0, 0.1) is 11.2 Å². The summed E-state index contributed by atoms with van der Waals surface area (Å²) >= 11 is 6.17. The molecule has 1 unspecified atom stereocenters. The molecule has 0 radical (unpaired) electrons. The van der Waals surface area contributed by atoms with Crippen molar-refractivity contribution in [3.05, 3.63) is 35.6 Å². The second kappa shape index (κ2) is 6.90. The van der Waals surface area contributed by atoms with Crippen LogP contribution in [-0.4, -0.2) is 17.8 Å². The average molecular weight is 286 g/mol. The van der Waals surface area contributed by atoms with Crippen LogP contribution in [0.1, 0.15) is 32.8 Å². The summed E-state index contributed by atoms with van der Waals surface area (Å²) in [7, 11) is 0. The highest BCUT2D eigenvalue weighted by atomic mass is 35.5. The molecule has 0 saturated heterocycles. The Kier molecular flexibility index (Phi) is 5.80. The van der Waals surface area contributed by atoms with Gasteiger partial charge in [0.15, 0.2) is 0 Å². The predicted octanol–water partition coefficient (Wildman–Crippen LogP) is 3.53. The number of nitrogens with one attached hydrogen (secondary N) is 1. The van der Waals surface area contributed by atoms with Gasteiger partial charge in [-0.1, -0.05) is 32.9 Å². The first-order valence-electron chi connectivity index (χ1n) is 6.41. The third-order valence-corrected chi connectivity index (χ3v) is 2.94. The molecule has 1 rings (SSSR count). The molecule has 2 nitrogen and oxygen atoms in total. The topological polar surface area (TPSA) is 29.1 Å². The summed E-state index contributed by atoms with van der Waals surface area (Å²) in [5.41, 5.74) is 0.939. The largest absolute Gasteiger partial charge is 0.354 e. The Hall–Kier alpha value is -1.09. The predicted molar refractivity (Wildman–Crippen MR) is 76.8 cm³/mol. The highest BCUT2D eigenvalue weighted by Gasteiger charge is 2.17. The molecule has 1 aromatic carbocycles. The highest BCUT2D eigenvalue weighted by molar-refractivity contribution is 6.20. The third kappa shape index (κ3) is 7.16. The number of hydrogen-bond acceptors (Lipinski definition) is 1. The van der Waals surface area contributed by atoms with E-state index in [1.807, 2.05) is 0 Å². The number of alkyl halides is 1. The third-order valence-electron chi connectivity index (χ3n) is 2.63. The molecule has 0 aromatic heterocycles. The van der Waals surface area contributed by atoms with Crippen molar-refractivity contribution < 1.29 is 9.18 Å². The molecule has 0 aliphatic heterocycles. The van der Waals surface area contributed by atoms with E-state index in [0.717, 1.165) is 12.0 Å². The Morgan fingerprint density at radius 1 is 1.32 bits per heavy atom. The van der Waals surface area contributed by atoms with Gasteiger partial charge in [-0.15, -0.1) is 11.6 Å². The fraction of sp³-hybridized carbons (Fsp3) is 0.533. The fourth-order valence-electron chi connectivity index (χ4n) is 1.81. The molecule has 106 valence electrons. The van der Waals surface area contributed by atoms with Gasteiger partial charge in [-0.3, -0.25) is 4.79 Å². The quantitative estimate of drug-likeness (QED) is 0.824. The van der Waals surface area contributed by atoms with Crippen molar-refractivity contribution in [2.75, 3.05) is 6.54 Å². The van der Waals surface area contributed by atoms with Crippen LogP contribution in [0.15, 0.2) is 24.3 Å². The lowest BCUT2D eigenvalue weighted by molar-refractivity contribution is -0.120. The molecule has 1 atom stereocenters. The van der Waals surface area contributed by atoms with Crippen LogP contribution in [0.4, 0.5) is 4.39 Å². The van der Waals surface area contributed by atoms with Gasteiger partial charge in [-0.2, -0.15) is 0 Å². The molecule has 0 aliphatic carbocycles. The Labute approximate surface area is 119 Å². The van der Waals surface area contributed by atoms with Gasteiger partial charge in [0, 0.05) is 6.54 Å². The monoisotopic (exact) mass is 285 g/mol. The first-order chi connectivity index (χ1) is 8.76. The molecule has 1 amide bonds. The van der Waals surface area contributed by atoms with Gasteiger partial charge >= 0.3 is 0 Å². The van der Waals surface area contributed by atoms with Gasteiger partial charge in [0.05, 0.1) is 11.8 Å². The average Bonchev–Trinajstić information content (AvgIpc) is 2.27. The lowest BCUT2D eigenvalue weighted by Gasteiger charge is -2.22. The van der Waals surface area contributed by atoms with Crippen LogP contribution < -0.4 is 5.32 Å². The van der Waals surface area contributed by atoms with E-state index in [-0.39, 0.29) is 28.9 Å². The molecule has 0 bridgehead atoms. The summed E-state index contributed by atoms with van der Waals surface area (Å²) in [5.74, 6) is -0.388. The molecule has 19 heavy (non-hydrogen) atoms. The van der Waals surface area contributed by atoms with Crippen molar-refractivity contribution in [3.8, 4) is 0 Å².